The van der Waals surface area contributed by atoms with Crippen molar-refractivity contribution in [3.8, 4) is 0 Å². The van der Waals surface area contributed by atoms with E-state index in [9.17, 15) is 8.42 Å². The number of aliphatic hydroxyl groups excluding tert-OH is 1. The summed E-state index contributed by atoms with van der Waals surface area (Å²) in [5.41, 5.74) is 0. The van der Waals surface area contributed by atoms with Crippen LogP contribution in [0, 0.1) is 12.8 Å². The fourth-order valence-corrected chi connectivity index (χ4v) is 4.77. The number of aliphatic hydroxyl groups is 1. The molecule has 0 spiro atoms. The molecule has 0 aromatic carbocycles. The molecular formula is C11H17NO3S2. The Morgan fingerprint density at radius 2 is 2.24 bits per heavy atom. The molecule has 2 rings (SSSR count). The molecule has 17 heavy (non-hydrogen) atoms. The first-order valence-electron chi connectivity index (χ1n) is 5.71. The van der Waals surface area contributed by atoms with Gasteiger partial charge in [-0.2, -0.15) is 0 Å². The second-order valence-electron chi connectivity index (χ2n) is 4.54. The van der Waals surface area contributed by atoms with E-state index in [1.807, 2.05) is 13.0 Å². The monoisotopic (exact) mass is 275 g/mol. The highest BCUT2D eigenvalue weighted by Crippen LogP contribution is 2.27. The lowest BCUT2D eigenvalue weighted by Crippen LogP contribution is -2.32. The maximum atomic E-state index is 12.0. The minimum atomic E-state index is -3.37. The molecule has 0 saturated heterocycles. The summed E-state index contributed by atoms with van der Waals surface area (Å²) < 4.78 is 27.2. The number of sulfonamides is 1. The Kier molecular flexibility index (Phi) is 3.87. The molecule has 1 saturated carbocycles. The minimum absolute atomic E-state index is 0.0282. The summed E-state index contributed by atoms with van der Waals surface area (Å²) in [6.45, 7) is 2.04. The number of hydrogen-bond acceptors (Lipinski definition) is 4. The van der Waals surface area contributed by atoms with E-state index in [1.165, 1.54) is 11.3 Å². The van der Waals surface area contributed by atoms with Gasteiger partial charge in [0.05, 0.1) is 0 Å². The number of hydrogen-bond donors (Lipinski definition) is 2. The molecule has 0 unspecified atom stereocenters. The summed E-state index contributed by atoms with van der Waals surface area (Å²) >= 11 is 1.28. The van der Waals surface area contributed by atoms with Crippen LogP contribution in [0.2, 0.25) is 0 Å². The van der Waals surface area contributed by atoms with E-state index in [4.69, 9.17) is 5.11 Å². The summed E-state index contributed by atoms with van der Waals surface area (Å²) in [6.07, 6.45) is 2.45. The molecule has 1 heterocycles. The van der Waals surface area contributed by atoms with Crippen LogP contribution < -0.4 is 4.72 Å². The zero-order valence-electron chi connectivity index (χ0n) is 9.72. The van der Waals surface area contributed by atoms with Crippen LogP contribution in [0.5, 0.6) is 0 Å². The Hall–Kier alpha value is -0.430. The fourth-order valence-electron chi connectivity index (χ4n) is 2.18. The molecule has 1 aliphatic rings. The highest BCUT2D eigenvalue weighted by atomic mass is 32.2. The van der Waals surface area contributed by atoms with Crippen molar-refractivity contribution in [2.24, 2.45) is 5.92 Å². The van der Waals surface area contributed by atoms with Gasteiger partial charge in [0.1, 0.15) is 4.21 Å². The summed E-state index contributed by atoms with van der Waals surface area (Å²) in [4.78, 5) is 0.991. The number of rotatable bonds is 4. The van der Waals surface area contributed by atoms with Gasteiger partial charge in [-0.3, -0.25) is 0 Å². The van der Waals surface area contributed by atoms with Crippen LogP contribution in [-0.4, -0.2) is 26.2 Å². The van der Waals surface area contributed by atoms with Crippen molar-refractivity contribution < 1.29 is 13.5 Å². The van der Waals surface area contributed by atoms with Gasteiger partial charge in [0.2, 0.25) is 10.0 Å². The van der Waals surface area contributed by atoms with E-state index in [2.05, 4.69) is 4.72 Å². The standard InChI is InChI=1S/C11H17NO3S2/c1-8-2-5-11(16-8)17(14,15)12-10-4-3-9(6-10)7-13/h2,5,9-10,12-13H,3-4,6-7H2,1H3/t9-,10+/m1/s1. The van der Waals surface area contributed by atoms with Crippen LogP contribution in [-0.2, 0) is 10.0 Å². The van der Waals surface area contributed by atoms with Gasteiger partial charge in [0.25, 0.3) is 0 Å². The highest BCUT2D eigenvalue weighted by molar-refractivity contribution is 7.91. The largest absolute Gasteiger partial charge is 0.396 e. The quantitative estimate of drug-likeness (QED) is 0.875. The maximum absolute atomic E-state index is 12.0. The zero-order valence-corrected chi connectivity index (χ0v) is 11.4. The van der Waals surface area contributed by atoms with E-state index in [0.717, 1.165) is 24.1 Å². The molecule has 1 aromatic rings. The molecule has 1 aliphatic carbocycles. The van der Waals surface area contributed by atoms with Crippen molar-refractivity contribution in [3.63, 3.8) is 0 Å². The van der Waals surface area contributed by atoms with Gasteiger partial charge in [-0.05, 0) is 44.2 Å². The first-order valence-corrected chi connectivity index (χ1v) is 8.01. The van der Waals surface area contributed by atoms with Gasteiger partial charge < -0.3 is 5.11 Å². The van der Waals surface area contributed by atoms with Crippen molar-refractivity contribution in [2.75, 3.05) is 6.61 Å². The Labute approximate surface area is 106 Å². The lowest BCUT2D eigenvalue weighted by molar-refractivity contribution is 0.228. The SMILES string of the molecule is Cc1ccc(S(=O)(=O)N[C@H]2CC[C@@H](CO)C2)s1. The van der Waals surface area contributed by atoms with Gasteiger partial charge in [-0.15, -0.1) is 11.3 Å². The summed E-state index contributed by atoms with van der Waals surface area (Å²) in [5.74, 6) is 0.243. The molecule has 2 atom stereocenters. The van der Waals surface area contributed by atoms with E-state index in [1.54, 1.807) is 6.07 Å². The highest BCUT2D eigenvalue weighted by Gasteiger charge is 2.28. The molecular weight excluding hydrogens is 258 g/mol. The third-order valence-corrected chi connectivity index (χ3v) is 6.11. The second-order valence-corrected chi connectivity index (χ2v) is 7.77. The van der Waals surface area contributed by atoms with Crippen molar-refractivity contribution in [1.29, 1.82) is 0 Å². The van der Waals surface area contributed by atoms with Gasteiger partial charge in [0.15, 0.2) is 0 Å². The lowest BCUT2D eigenvalue weighted by Gasteiger charge is -2.11. The second kappa shape index (κ2) is 5.06. The lowest BCUT2D eigenvalue weighted by atomic mass is 10.1. The average Bonchev–Trinajstić information content (AvgIpc) is 2.86. The summed E-state index contributed by atoms with van der Waals surface area (Å²) in [7, 11) is -3.37. The van der Waals surface area contributed by atoms with Crippen LogP contribution in [0.15, 0.2) is 16.3 Å². The molecule has 0 aliphatic heterocycles. The molecule has 0 bridgehead atoms. The number of aryl methyl sites for hydroxylation is 1. The topological polar surface area (TPSA) is 66.4 Å². The first-order chi connectivity index (χ1) is 8.01. The third kappa shape index (κ3) is 3.07. The molecule has 1 aromatic heterocycles. The molecule has 4 nitrogen and oxygen atoms in total. The Bertz CT molecular complexity index is 481. The third-order valence-electron chi connectivity index (χ3n) is 3.10. The van der Waals surface area contributed by atoms with Crippen LogP contribution in [0.1, 0.15) is 24.1 Å². The van der Waals surface area contributed by atoms with Crippen molar-refractivity contribution >= 4 is 21.4 Å². The average molecular weight is 275 g/mol. The van der Waals surface area contributed by atoms with Crippen LogP contribution in [0.4, 0.5) is 0 Å². The first kappa shape index (κ1) is 13.0. The normalized spacial score (nSPS) is 25.3. The summed E-state index contributed by atoms with van der Waals surface area (Å²) in [5, 5.41) is 9.03. The van der Waals surface area contributed by atoms with E-state index < -0.39 is 10.0 Å². The zero-order chi connectivity index (χ0) is 12.5. The van der Waals surface area contributed by atoms with E-state index in [-0.39, 0.29) is 18.6 Å². The predicted molar refractivity (Wildman–Crippen MR) is 67.6 cm³/mol. The molecule has 0 radical (unpaired) electrons. The van der Waals surface area contributed by atoms with Crippen LogP contribution in [0.3, 0.4) is 0 Å². The van der Waals surface area contributed by atoms with Crippen molar-refractivity contribution in [3.05, 3.63) is 17.0 Å². The van der Waals surface area contributed by atoms with Gasteiger partial charge in [0, 0.05) is 17.5 Å². The van der Waals surface area contributed by atoms with Gasteiger partial charge in [-0.25, -0.2) is 13.1 Å². The van der Waals surface area contributed by atoms with Gasteiger partial charge >= 0.3 is 0 Å². The van der Waals surface area contributed by atoms with Crippen LogP contribution in [0.25, 0.3) is 0 Å². The van der Waals surface area contributed by atoms with Crippen molar-refractivity contribution in [1.82, 2.24) is 4.72 Å². The molecule has 2 N–H and O–H groups in total. The Morgan fingerprint density at radius 3 is 2.76 bits per heavy atom. The molecule has 6 heteroatoms. The Balaban J connectivity index is 2.03. The molecule has 1 fully saturated rings. The maximum Gasteiger partial charge on any atom is 0.250 e. The predicted octanol–water partition coefficient (Wildman–Crippen LogP) is 1.50. The molecule has 96 valence electrons. The number of nitrogens with one attached hydrogen (secondary N) is 1. The molecule has 0 amide bonds. The van der Waals surface area contributed by atoms with E-state index >= 15 is 0 Å². The summed E-state index contributed by atoms with van der Waals surface area (Å²) in [6, 6.07) is 3.42. The fraction of sp³-hybridized carbons (Fsp3) is 0.636. The Morgan fingerprint density at radius 1 is 1.47 bits per heavy atom. The van der Waals surface area contributed by atoms with Crippen LogP contribution >= 0.6 is 11.3 Å². The number of thiophene rings is 1. The smallest absolute Gasteiger partial charge is 0.250 e. The minimum Gasteiger partial charge on any atom is -0.396 e. The van der Waals surface area contributed by atoms with E-state index in [0.29, 0.717) is 4.21 Å². The van der Waals surface area contributed by atoms with Crippen molar-refractivity contribution in [2.45, 2.75) is 36.4 Å². The van der Waals surface area contributed by atoms with Gasteiger partial charge in [-0.1, -0.05) is 0 Å².